The molecule has 1 aliphatic heterocycles. The van der Waals surface area contributed by atoms with Crippen molar-refractivity contribution < 1.29 is 4.79 Å². The zero-order chi connectivity index (χ0) is 13.2. The van der Waals surface area contributed by atoms with Crippen LogP contribution in [0.5, 0.6) is 0 Å². The lowest BCUT2D eigenvalue weighted by Crippen LogP contribution is -2.48. The number of benzene rings is 1. The second-order valence-corrected chi connectivity index (χ2v) is 5.86. The normalized spacial score (nSPS) is 20.6. The molecule has 2 aliphatic rings. The van der Waals surface area contributed by atoms with E-state index in [-0.39, 0.29) is 0 Å². The molecule has 1 heterocycles. The fourth-order valence-corrected chi connectivity index (χ4v) is 2.87. The predicted octanol–water partition coefficient (Wildman–Crippen LogP) is 2.44. The van der Waals surface area contributed by atoms with Crippen molar-refractivity contribution in [1.29, 1.82) is 0 Å². The molecule has 0 atom stereocenters. The van der Waals surface area contributed by atoms with Gasteiger partial charge in [-0.3, -0.25) is 9.69 Å². The highest BCUT2D eigenvalue weighted by Crippen LogP contribution is 2.30. The van der Waals surface area contributed by atoms with E-state index in [0.717, 1.165) is 49.7 Å². The van der Waals surface area contributed by atoms with Gasteiger partial charge < -0.3 is 4.90 Å². The Bertz CT molecular complexity index is 465. The highest BCUT2D eigenvalue weighted by molar-refractivity contribution is 6.33. The number of carbonyl (C=O) groups excluding carboxylic acids is 1. The minimum atomic E-state index is 0.376. The molecule has 1 saturated carbocycles. The molecule has 0 amide bonds. The smallest absolute Gasteiger partial charge is 0.149 e. The Labute approximate surface area is 119 Å². The number of hydrogen-bond donors (Lipinski definition) is 0. The number of carbonyl (C=O) groups is 1. The average molecular weight is 279 g/mol. The monoisotopic (exact) mass is 278 g/mol. The van der Waals surface area contributed by atoms with E-state index in [2.05, 4.69) is 15.9 Å². The molecule has 3 nitrogen and oxygen atoms in total. The zero-order valence-electron chi connectivity index (χ0n) is 11.0. The molecular formula is C15H19ClN2O. The van der Waals surface area contributed by atoms with Gasteiger partial charge in [-0.2, -0.15) is 0 Å². The molecule has 1 aliphatic carbocycles. The van der Waals surface area contributed by atoms with Crippen LogP contribution in [0.3, 0.4) is 0 Å². The van der Waals surface area contributed by atoms with Gasteiger partial charge >= 0.3 is 0 Å². The Kier molecular flexibility index (Phi) is 3.76. The maximum atomic E-state index is 11.8. The number of para-hydroxylation sites is 1. The first-order valence-corrected chi connectivity index (χ1v) is 7.36. The molecule has 19 heavy (non-hydrogen) atoms. The number of Topliss-reactive ketones (excluding diaryl/α,β-unsaturated/α-hetero) is 1. The lowest BCUT2D eigenvalue weighted by Gasteiger charge is -2.36. The van der Waals surface area contributed by atoms with Crippen molar-refractivity contribution in [2.45, 2.75) is 12.8 Å². The van der Waals surface area contributed by atoms with Gasteiger partial charge in [-0.1, -0.05) is 23.7 Å². The van der Waals surface area contributed by atoms with Gasteiger partial charge in [0.2, 0.25) is 0 Å². The maximum Gasteiger partial charge on any atom is 0.149 e. The average Bonchev–Trinajstić information content (AvgIpc) is 3.25. The number of ketones is 1. The largest absolute Gasteiger partial charge is 0.368 e. The van der Waals surface area contributed by atoms with Gasteiger partial charge in [-0.15, -0.1) is 0 Å². The quantitative estimate of drug-likeness (QED) is 0.845. The van der Waals surface area contributed by atoms with E-state index >= 15 is 0 Å². The molecule has 0 bridgehead atoms. The highest BCUT2D eigenvalue weighted by atomic mass is 35.5. The first-order valence-electron chi connectivity index (χ1n) is 6.98. The minimum absolute atomic E-state index is 0.376. The molecule has 1 aromatic rings. The molecule has 2 fully saturated rings. The molecule has 0 spiro atoms. The van der Waals surface area contributed by atoms with Crippen molar-refractivity contribution in [3.8, 4) is 0 Å². The van der Waals surface area contributed by atoms with Gasteiger partial charge in [-0.25, -0.2) is 0 Å². The first kappa shape index (κ1) is 12.9. The van der Waals surface area contributed by atoms with E-state index in [1.165, 1.54) is 0 Å². The van der Waals surface area contributed by atoms with Crippen molar-refractivity contribution >= 4 is 23.1 Å². The Morgan fingerprint density at radius 1 is 1.16 bits per heavy atom. The summed E-state index contributed by atoms with van der Waals surface area (Å²) in [4.78, 5) is 16.4. The highest BCUT2D eigenvalue weighted by Gasteiger charge is 2.31. The molecular weight excluding hydrogens is 260 g/mol. The summed E-state index contributed by atoms with van der Waals surface area (Å²) in [7, 11) is 0. The van der Waals surface area contributed by atoms with Crippen LogP contribution in [0.4, 0.5) is 5.69 Å². The number of halogens is 1. The van der Waals surface area contributed by atoms with Crippen LogP contribution >= 0.6 is 11.6 Å². The summed E-state index contributed by atoms with van der Waals surface area (Å²) in [5, 5.41) is 0.810. The number of piperazine rings is 1. The number of nitrogens with zero attached hydrogens (tertiary/aromatic N) is 2. The third-order valence-electron chi connectivity index (χ3n) is 3.98. The van der Waals surface area contributed by atoms with Gasteiger partial charge in [0.1, 0.15) is 5.78 Å². The van der Waals surface area contributed by atoms with Crippen LogP contribution in [-0.2, 0) is 4.79 Å². The molecule has 1 aromatic carbocycles. The SMILES string of the molecule is O=C(CN1CCN(c2ccccc2Cl)CC1)C1CC1. The summed E-state index contributed by atoms with van der Waals surface area (Å²) in [5.74, 6) is 0.813. The van der Waals surface area contributed by atoms with Gasteiger partial charge in [0.15, 0.2) is 0 Å². The summed E-state index contributed by atoms with van der Waals surface area (Å²) in [6, 6.07) is 7.97. The Morgan fingerprint density at radius 3 is 2.47 bits per heavy atom. The number of anilines is 1. The Hall–Kier alpha value is -1.06. The summed E-state index contributed by atoms with van der Waals surface area (Å²) >= 11 is 6.22. The standard InChI is InChI=1S/C15H19ClN2O/c16-13-3-1-2-4-14(13)18-9-7-17(8-10-18)11-15(19)12-5-6-12/h1-4,12H,5-11H2. The van der Waals surface area contributed by atoms with Gasteiger partial charge in [0.05, 0.1) is 17.3 Å². The number of hydrogen-bond acceptors (Lipinski definition) is 3. The molecule has 3 rings (SSSR count). The van der Waals surface area contributed by atoms with E-state index in [0.29, 0.717) is 18.2 Å². The predicted molar refractivity (Wildman–Crippen MR) is 77.8 cm³/mol. The summed E-state index contributed by atoms with van der Waals surface area (Å²) < 4.78 is 0. The van der Waals surface area contributed by atoms with Crippen molar-refractivity contribution in [3.05, 3.63) is 29.3 Å². The van der Waals surface area contributed by atoms with Crippen LogP contribution in [0.2, 0.25) is 5.02 Å². The summed E-state index contributed by atoms with van der Waals surface area (Å²) in [6.07, 6.45) is 2.22. The van der Waals surface area contributed by atoms with Crippen molar-refractivity contribution in [3.63, 3.8) is 0 Å². The third-order valence-corrected chi connectivity index (χ3v) is 4.30. The van der Waals surface area contributed by atoms with Gasteiger partial charge in [-0.05, 0) is 25.0 Å². The van der Waals surface area contributed by atoms with Crippen molar-refractivity contribution in [2.24, 2.45) is 5.92 Å². The second-order valence-electron chi connectivity index (χ2n) is 5.46. The fourth-order valence-electron chi connectivity index (χ4n) is 2.61. The van der Waals surface area contributed by atoms with Crippen LogP contribution in [0.1, 0.15) is 12.8 Å². The van der Waals surface area contributed by atoms with Crippen molar-refractivity contribution in [2.75, 3.05) is 37.6 Å². The zero-order valence-corrected chi connectivity index (χ0v) is 11.8. The molecule has 1 saturated heterocycles. The van der Waals surface area contributed by atoms with Crippen LogP contribution in [0.15, 0.2) is 24.3 Å². The molecule has 0 unspecified atom stereocenters. The topological polar surface area (TPSA) is 23.6 Å². The Morgan fingerprint density at radius 2 is 1.84 bits per heavy atom. The second kappa shape index (κ2) is 5.51. The van der Waals surface area contributed by atoms with E-state index in [9.17, 15) is 4.79 Å². The molecule has 0 N–H and O–H groups in total. The molecule has 102 valence electrons. The van der Waals surface area contributed by atoms with Gasteiger partial charge in [0, 0.05) is 32.1 Å². The van der Waals surface area contributed by atoms with Crippen LogP contribution in [0.25, 0.3) is 0 Å². The molecule has 0 radical (unpaired) electrons. The summed E-state index contributed by atoms with van der Waals surface area (Å²) in [5.41, 5.74) is 1.11. The van der Waals surface area contributed by atoms with E-state index in [1.807, 2.05) is 18.2 Å². The fraction of sp³-hybridized carbons (Fsp3) is 0.533. The molecule has 0 aromatic heterocycles. The lowest BCUT2D eigenvalue weighted by molar-refractivity contribution is -0.121. The van der Waals surface area contributed by atoms with E-state index in [4.69, 9.17) is 11.6 Å². The lowest BCUT2D eigenvalue weighted by atomic mass is 10.2. The summed E-state index contributed by atoms with van der Waals surface area (Å²) in [6.45, 7) is 4.43. The van der Waals surface area contributed by atoms with Crippen LogP contribution < -0.4 is 4.90 Å². The Balaban J connectivity index is 1.54. The van der Waals surface area contributed by atoms with Crippen LogP contribution in [0, 0.1) is 5.92 Å². The van der Waals surface area contributed by atoms with Crippen LogP contribution in [-0.4, -0.2) is 43.4 Å². The number of rotatable bonds is 4. The van der Waals surface area contributed by atoms with E-state index in [1.54, 1.807) is 0 Å². The van der Waals surface area contributed by atoms with Gasteiger partial charge in [0.25, 0.3) is 0 Å². The first-order chi connectivity index (χ1) is 9.24. The minimum Gasteiger partial charge on any atom is -0.368 e. The van der Waals surface area contributed by atoms with E-state index < -0.39 is 0 Å². The third kappa shape index (κ3) is 3.10. The molecule has 4 heteroatoms. The maximum absolute atomic E-state index is 11.8. The van der Waals surface area contributed by atoms with Crippen molar-refractivity contribution in [1.82, 2.24) is 4.90 Å².